The van der Waals surface area contributed by atoms with Gasteiger partial charge in [-0.1, -0.05) is 0 Å². The van der Waals surface area contributed by atoms with Crippen LogP contribution in [0.5, 0.6) is 0 Å². The smallest absolute Gasteiger partial charge is 0.305 e. The van der Waals surface area contributed by atoms with Gasteiger partial charge in [-0.25, -0.2) is 0 Å². The van der Waals surface area contributed by atoms with Crippen LogP contribution in [-0.4, -0.2) is 39.3 Å². The van der Waals surface area contributed by atoms with Crippen LogP contribution >= 0.6 is 0 Å². The van der Waals surface area contributed by atoms with Crippen molar-refractivity contribution < 1.29 is 19.5 Å². The summed E-state index contributed by atoms with van der Waals surface area (Å²) in [5.74, 6) is -2.05. The van der Waals surface area contributed by atoms with Crippen molar-refractivity contribution in [3.05, 3.63) is 29.6 Å². The highest BCUT2D eigenvalue weighted by Gasteiger charge is 2.36. The Morgan fingerprint density at radius 1 is 1.38 bits per heavy atom. The largest absolute Gasteiger partial charge is 0.481 e. The van der Waals surface area contributed by atoms with Crippen LogP contribution in [-0.2, 0) is 4.79 Å². The zero-order valence-corrected chi connectivity index (χ0v) is 8.21. The third-order valence-electron chi connectivity index (χ3n) is 2.28. The van der Waals surface area contributed by atoms with Crippen LogP contribution < -0.4 is 0 Å². The molecule has 2 heterocycles. The lowest BCUT2D eigenvalue weighted by Crippen LogP contribution is -2.32. The van der Waals surface area contributed by atoms with Crippen LogP contribution in [0, 0.1) is 0 Å². The number of rotatable bonds is 3. The number of carboxylic acid groups (broad SMARTS) is 1. The molecule has 2 rings (SSSR count). The predicted octanol–water partition coefficient (Wildman–Crippen LogP) is 0.152. The van der Waals surface area contributed by atoms with Crippen molar-refractivity contribution in [2.75, 3.05) is 6.54 Å². The molecule has 0 saturated carbocycles. The van der Waals surface area contributed by atoms with E-state index in [1.807, 2.05) is 0 Å². The lowest BCUT2D eigenvalue weighted by atomic mass is 10.2. The number of carbonyl (C=O) groups is 3. The van der Waals surface area contributed by atoms with E-state index < -0.39 is 17.8 Å². The first kappa shape index (κ1) is 10.3. The predicted molar refractivity (Wildman–Crippen MR) is 51.9 cm³/mol. The SMILES string of the molecule is O=C(O)CCN1C(=O)c2cccnc2C1=O. The normalized spacial score (nSPS) is 14.1. The summed E-state index contributed by atoms with van der Waals surface area (Å²) in [5.41, 5.74) is 0.329. The molecule has 1 aromatic heterocycles. The second-order valence-electron chi connectivity index (χ2n) is 3.31. The molecular weight excluding hydrogens is 212 g/mol. The van der Waals surface area contributed by atoms with E-state index in [-0.39, 0.29) is 24.2 Å². The highest BCUT2D eigenvalue weighted by molar-refractivity contribution is 6.20. The Labute approximate surface area is 90.5 Å². The molecule has 1 aliphatic rings. The molecule has 0 aliphatic carbocycles. The molecule has 0 fully saturated rings. The highest BCUT2D eigenvalue weighted by atomic mass is 16.4. The number of aliphatic carboxylic acids is 1. The maximum Gasteiger partial charge on any atom is 0.305 e. The van der Waals surface area contributed by atoms with Crippen molar-refractivity contribution in [3.63, 3.8) is 0 Å². The second kappa shape index (κ2) is 3.73. The van der Waals surface area contributed by atoms with Crippen molar-refractivity contribution >= 4 is 17.8 Å². The van der Waals surface area contributed by atoms with Crippen molar-refractivity contribution in [2.24, 2.45) is 0 Å². The number of fused-ring (bicyclic) bond motifs is 1. The highest BCUT2D eigenvalue weighted by Crippen LogP contribution is 2.20. The Hall–Kier alpha value is -2.24. The van der Waals surface area contributed by atoms with E-state index in [1.54, 1.807) is 6.07 Å². The summed E-state index contributed by atoms with van der Waals surface area (Å²) in [6, 6.07) is 3.06. The molecule has 0 atom stereocenters. The van der Waals surface area contributed by atoms with Crippen molar-refractivity contribution in [1.82, 2.24) is 9.88 Å². The monoisotopic (exact) mass is 220 g/mol. The van der Waals surface area contributed by atoms with Crippen LogP contribution in [0.3, 0.4) is 0 Å². The number of hydrogen-bond donors (Lipinski definition) is 1. The fourth-order valence-electron chi connectivity index (χ4n) is 1.52. The van der Waals surface area contributed by atoms with Gasteiger partial charge in [-0.15, -0.1) is 0 Å². The van der Waals surface area contributed by atoms with Crippen molar-refractivity contribution in [2.45, 2.75) is 6.42 Å². The van der Waals surface area contributed by atoms with Gasteiger partial charge in [-0.05, 0) is 12.1 Å². The van der Waals surface area contributed by atoms with E-state index >= 15 is 0 Å². The Kier molecular flexibility index (Phi) is 2.40. The summed E-state index contributed by atoms with van der Waals surface area (Å²) >= 11 is 0. The minimum absolute atomic E-state index is 0.0953. The molecule has 6 nitrogen and oxygen atoms in total. The second-order valence-corrected chi connectivity index (χ2v) is 3.31. The summed E-state index contributed by atoms with van der Waals surface area (Å²) in [6.07, 6.45) is 1.16. The molecule has 0 unspecified atom stereocenters. The van der Waals surface area contributed by atoms with Gasteiger partial charge < -0.3 is 5.11 Å². The topological polar surface area (TPSA) is 87.6 Å². The van der Waals surface area contributed by atoms with Crippen LogP contribution in [0.25, 0.3) is 0 Å². The summed E-state index contributed by atoms with van der Waals surface area (Å²) in [6.45, 7) is -0.122. The number of nitrogens with zero attached hydrogens (tertiary/aromatic N) is 2. The standard InChI is InChI=1S/C10H8N2O4/c13-7(14)3-5-12-9(15)6-2-1-4-11-8(6)10(12)16/h1-2,4H,3,5H2,(H,13,14). The van der Waals surface area contributed by atoms with Crippen molar-refractivity contribution in [3.8, 4) is 0 Å². The van der Waals surface area contributed by atoms with Gasteiger partial charge in [0.05, 0.1) is 12.0 Å². The Balaban J connectivity index is 2.25. The van der Waals surface area contributed by atoms with Crippen LogP contribution in [0.1, 0.15) is 27.3 Å². The number of imide groups is 1. The molecule has 0 aromatic carbocycles. The number of carbonyl (C=O) groups excluding carboxylic acids is 2. The van der Waals surface area contributed by atoms with E-state index in [9.17, 15) is 14.4 Å². The summed E-state index contributed by atoms with van der Waals surface area (Å²) in [5, 5.41) is 8.50. The van der Waals surface area contributed by atoms with E-state index in [4.69, 9.17) is 5.11 Å². The number of hydrogen-bond acceptors (Lipinski definition) is 4. The fraction of sp³-hybridized carbons (Fsp3) is 0.200. The molecule has 0 bridgehead atoms. The van der Waals surface area contributed by atoms with Gasteiger partial charge in [0.1, 0.15) is 5.69 Å². The lowest BCUT2D eigenvalue weighted by molar-refractivity contribution is -0.137. The van der Waals surface area contributed by atoms with E-state index in [2.05, 4.69) is 4.98 Å². The molecule has 16 heavy (non-hydrogen) atoms. The van der Waals surface area contributed by atoms with Gasteiger partial charge in [0.25, 0.3) is 11.8 Å². The van der Waals surface area contributed by atoms with Crippen molar-refractivity contribution in [1.29, 1.82) is 0 Å². The first-order chi connectivity index (χ1) is 7.61. The molecule has 2 amide bonds. The minimum atomic E-state index is -1.05. The van der Waals surface area contributed by atoms with Gasteiger partial charge in [0.15, 0.2) is 0 Å². The number of carboxylic acids is 1. The summed E-state index contributed by atoms with van der Waals surface area (Å²) < 4.78 is 0. The Morgan fingerprint density at radius 2 is 2.12 bits per heavy atom. The van der Waals surface area contributed by atoms with Gasteiger partial charge in [-0.3, -0.25) is 24.3 Å². The van der Waals surface area contributed by atoms with Crippen LogP contribution in [0.15, 0.2) is 18.3 Å². The molecule has 1 N–H and O–H groups in total. The molecule has 0 radical (unpaired) electrons. The molecule has 1 aliphatic heterocycles. The number of amides is 2. The molecule has 1 aromatic rings. The molecule has 6 heteroatoms. The Bertz CT molecular complexity index is 448. The van der Waals surface area contributed by atoms with Gasteiger partial charge >= 0.3 is 5.97 Å². The Morgan fingerprint density at radius 3 is 2.75 bits per heavy atom. The van der Waals surface area contributed by atoms with E-state index in [0.29, 0.717) is 0 Å². The van der Waals surface area contributed by atoms with Gasteiger partial charge in [0.2, 0.25) is 0 Å². The number of pyridine rings is 1. The molecule has 0 spiro atoms. The fourth-order valence-corrected chi connectivity index (χ4v) is 1.52. The zero-order chi connectivity index (χ0) is 11.7. The van der Waals surface area contributed by atoms with Gasteiger partial charge in [-0.2, -0.15) is 0 Å². The quantitative estimate of drug-likeness (QED) is 0.732. The van der Waals surface area contributed by atoms with E-state index in [0.717, 1.165) is 4.90 Å². The maximum atomic E-state index is 11.7. The molecule has 82 valence electrons. The third kappa shape index (κ3) is 1.54. The van der Waals surface area contributed by atoms with Crippen LogP contribution in [0.2, 0.25) is 0 Å². The first-order valence-electron chi connectivity index (χ1n) is 4.64. The lowest BCUT2D eigenvalue weighted by Gasteiger charge is -2.10. The zero-order valence-electron chi connectivity index (χ0n) is 8.21. The number of aromatic nitrogens is 1. The first-order valence-corrected chi connectivity index (χ1v) is 4.64. The minimum Gasteiger partial charge on any atom is -0.481 e. The summed E-state index contributed by atoms with van der Waals surface area (Å²) in [4.78, 5) is 38.5. The average Bonchev–Trinajstić information content (AvgIpc) is 2.50. The molecule has 0 saturated heterocycles. The van der Waals surface area contributed by atoms with Gasteiger partial charge in [0, 0.05) is 12.7 Å². The average molecular weight is 220 g/mol. The molecular formula is C10H8N2O4. The maximum absolute atomic E-state index is 11.7. The van der Waals surface area contributed by atoms with Crippen LogP contribution in [0.4, 0.5) is 0 Å². The van der Waals surface area contributed by atoms with E-state index in [1.165, 1.54) is 12.3 Å². The third-order valence-corrected chi connectivity index (χ3v) is 2.28. The summed E-state index contributed by atoms with van der Waals surface area (Å²) in [7, 11) is 0.